The van der Waals surface area contributed by atoms with Gasteiger partial charge >= 0.3 is 0 Å². The van der Waals surface area contributed by atoms with Gasteiger partial charge in [0.25, 0.3) is 0 Å². The lowest BCUT2D eigenvalue weighted by Gasteiger charge is -1.86. The van der Waals surface area contributed by atoms with Crippen molar-refractivity contribution in [2.45, 2.75) is 64.2 Å². The minimum absolute atomic E-state index is 0. The monoisotopic (exact) mass is 226 g/mol. The SMILES string of the molecule is C1=CCCCCC1.C1=CCCCCC1.S. The van der Waals surface area contributed by atoms with Gasteiger partial charge in [0.15, 0.2) is 0 Å². The van der Waals surface area contributed by atoms with E-state index >= 15 is 0 Å². The molecule has 2 aliphatic carbocycles. The van der Waals surface area contributed by atoms with Crippen LogP contribution in [0, 0.1) is 0 Å². The van der Waals surface area contributed by atoms with Crippen molar-refractivity contribution in [3.05, 3.63) is 24.3 Å². The van der Waals surface area contributed by atoms with E-state index in [0.29, 0.717) is 0 Å². The molecule has 0 bridgehead atoms. The fourth-order valence-electron chi connectivity index (χ4n) is 1.87. The highest BCUT2D eigenvalue weighted by Gasteiger charge is 1.89. The third kappa shape index (κ3) is 10.1. The number of rotatable bonds is 0. The molecule has 0 amide bonds. The first-order valence-electron chi connectivity index (χ1n) is 6.30. The molecule has 0 unspecified atom stereocenters. The lowest BCUT2D eigenvalue weighted by molar-refractivity contribution is 0.718. The molecule has 0 saturated heterocycles. The fourth-order valence-corrected chi connectivity index (χ4v) is 1.87. The molecular weight excluding hydrogens is 200 g/mol. The zero-order valence-corrected chi connectivity index (χ0v) is 10.9. The molecule has 0 aromatic rings. The smallest absolute Gasteiger partial charge is 0.0351 e. The van der Waals surface area contributed by atoms with Crippen LogP contribution in [0.15, 0.2) is 24.3 Å². The van der Waals surface area contributed by atoms with E-state index in [1.54, 1.807) is 0 Å². The Morgan fingerprint density at radius 3 is 0.933 bits per heavy atom. The van der Waals surface area contributed by atoms with Crippen molar-refractivity contribution in [1.82, 2.24) is 0 Å². The molecule has 0 aromatic heterocycles. The zero-order valence-electron chi connectivity index (χ0n) is 9.88. The predicted molar refractivity (Wildman–Crippen MR) is 74.8 cm³/mol. The second-order valence-corrected chi connectivity index (χ2v) is 4.22. The summed E-state index contributed by atoms with van der Waals surface area (Å²) in [5, 5.41) is 0. The molecule has 2 rings (SSSR count). The van der Waals surface area contributed by atoms with Gasteiger partial charge in [-0.3, -0.25) is 0 Å². The molecule has 88 valence electrons. The normalized spacial score (nSPS) is 20.3. The van der Waals surface area contributed by atoms with Gasteiger partial charge in [0, 0.05) is 0 Å². The average Bonchev–Trinajstić information content (AvgIpc) is 2.68. The van der Waals surface area contributed by atoms with Crippen LogP contribution in [0.25, 0.3) is 0 Å². The minimum atomic E-state index is 0. The molecule has 0 aromatic carbocycles. The molecule has 0 atom stereocenters. The van der Waals surface area contributed by atoms with Crippen LogP contribution in [0.4, 0.5) is 0 Å². The molecule has 2 aliphatic rings. The van der Waals surface area contributed by atoms with Crippen molar-refractivity contribution in [2.24, 2.45) is 0 Å². The lowest BCUT2D eigenvalue weighted by Crippen LogP contribution is -1.67. The van der Waals surface area contributed by atoms with Crippen molar-refractivity contribution >= 4 is 13.5 Å². The third-order valence-electron chi connectivity index (χ3n) is 2.82. The number of hydrogen-bond donors (Lipinski definition) is 0. The van der Waals surface area contributed by atoms with Crippen molar-refractivity contribution < 1.29 is 0 Å². The molecule has 1 heteroatoms. The van der Waals surface area contributed by atoms with Gasteiger partial charge in [0.2, 0.25) is 0 Å². The van der Waals surface area contributed by atoms with Gasteiger partial charge in [0.1, 0.15) is 0 Å². The van der Waals surface area contributed by atoms with E-state index in [1.165, 1.54) is 64.2 Å². The Morgan fingerprint density at radius 2 is 0.667 bits per heavy atom. The molecule has 0 spiro atoms. The van der Waals surface area contributed by atoms with Crippen LogP contribution in [-0.2, 0) is 0 Å². The van der Waals surface area contributed by atoms with Crippen LogP contribution in [0.2, 0.25) is 0 Å². The maximum atomic E-state index is 2.30. The van der Waals surface area contributed by atoms with Crippen LogP contribution in [0.3, 0.4) is 0 Å². The Hall–Kier alpha value is -0.170. The molecule has 0 nitrogen and oxygen atoms in total. The van der Waals surface area contributed by atoms with E-state index in [0.717, 1.165) is 0 Å². The summed E-state index contributed by atoms with van der Waals surface area (Å²) < 4.78 is 0. The molecule has 0 N–H and O–H groups in total. The van der Waals surface area contributed by atoms with Crippen molar-refractivity contribution in [3.63, 3.8) is 0 Å². The summed E-state index contributed by atoms with van der Waals surface area (Å²) >= 11 is 0. The summed E-state index contributed by atoms with van der Waals surface area (Å²) in [5.74, 6) is 0. The quantitative estimate of drug-likeness (QED) is 0.503. The van der Waals surface area contributed by atoms with Crippen LogP contribution in [0.1, 0.15) is 64.2 Å². The third-order valence-corrected chi connectivity index (χ3v) is 2.82. The highest BCUT2D eigenvalue weighted by atomic mass is 32.1. The first-order chi connectivity index (χ1) is 7.00. The van der Waals surface area contributed by atoms with Crippen LogP contribution in [0.5, 0.6) is 0 Å². The summed E-state index contributed by atoms with van der Waals surface area (Å²) in [5.41, 5.74) is 0. The lowest BCUT2D eigenvalue weighted by atomic mass is 10.2. The zero-order chi connectivity index (χ0) is 9.90. The standard InChI is InChI=1S/2C7H12.H2S/c2*1-2-4-6-7-5-3-1;/h2*1-2H,3-7H2;1H2. The second kappa shape index (κ2) is 11.9. The maximum absolute atomic E-state index is 2.30. The van der Waals surface area contributed by atoms with E-state index in [1.807, 2.05) is 0 Å². The van der Waals surface area contributed by atoms with Gasteiger partial charge in [-0.15, -0.1) is 0 Å². The average molecular weight is 226 g/mol. The highest BCUT2D eigenvalue weighted by molar-refractivity contribution is 7.59. The summed E-state index contributed by atoms with van der Waals surface area (Å²) in [6.45, 7) is 0. The Morgan fingerprint density at radius 1 is 0.400 bits per heavy atom. The largest absolute Gasteiger partial charge is 0.197 e. The van der Waals surface area contributed by atoms with Crippen molar-refractivity contribution in [1.29, 1.82) is 0 Å². The predicted octanol–water partition coefficient (Wildman–Crippen LogP) is 5.13. The molecule has 15 heavy (non-hydrogen) atoms. The fraction of sp³-hybridized carbons (Fsp3) is 0.714. The van der Waals surface area contributed by atoms with Gasteiger partial charge in [-0.05, 0) is 51.4 Å². The molecule has 0 radical (unpaired) electrons. The summed E-state index contributed by atoms with van der Waals surface area (Å²) in [6, 6.07) is 0. The van der Waals surface area contributed by atoms with Crippen LogP contribution < -0.4 is 0 Å². The second-order valence-electron chi connectivity index (χ2n) is 4.22. The topological polar surface area (TPSA) is 0 Å². The maximum Gasteiger partial charge on any atom is -0.0351 e. The Kier molecular flexibility index (Phi) is 11.8. The highest BCUT2D eigenvalue weighted by Crippen LogP contribution is 2.09. The number of hydrogen-bond acceptors (Lipinski definition) is 0. The Balaban J connectivity index is 0.000000245. The van der Waals surface area contributed by atoms with E-state index in [2.05, 4.69) is 24.3 Å². The molecule has 0 aliphatic heterocycles. The number of allylic oxidation sites excluding steroid dienone is 4. The minimum Gasteiger partial charge on any atom is -0.197 e. The molecule has 0 saturated carbocycles. The summed E-state index contributed by atoms with van der Waals surface area (Å²) in [7, 11) is 0. The van der Waals surface area contributed by atoms with E-state index < -0.39 is 0 Å². The van der Waals surface area contributed by atoms with Crippen molar-refractivity contribution in [3.8, 4) is 0 Å². The van der Waals surface area contributed by atoms with E-state index in [9.17, 15) is 0 Å². The van der Waals surface area contributed by atoms with E-state index in [4.69, 9.17) is 0 Å². The van der Waals surface area contributed by atoms with Gasteiger partial charge < -0.3 is 0 Å². The Bertz CT molecular complexity index is 134. The molecule has 0 heterocycles. The van der Waals surface area contributed by atoms with Crippen molar-refractivity contribution in [2.75, 3.05) is 0 Å². The summed E-state index contributed by atoms with van der Waals surface area (Å²) in [4.78, 5) is 0. The van der Waals surface area contributed by atoms with Gasteiger partial charge in [-0.1, -0.05) is 37.1 Å². The van der Waals surface area contributed by atoms with Crippen LogP contribution in [-0.4, -0.2) is 0 Å². The van der Waals surface area contributed by atoms with Gasteiger partial charge in [0.05, 0.1) is 0 Å². The van der Waals surface area contributed by atoms with E-state index in [-0.39, 0.29) is 13.5 Å². The Labute approximate surface area is 102 Å². The first-order valence-corrected chi connectivity index (χ1v) is 6.30. The van der Waals surface area contributed by atoms with Gasteiger partial charge in [-0.2, -0.15) is 13.5 Å². The first kappa shape index (κ1) is 14.8. The van der Waals surface area contributed by atoms with Gasteiger partial charge in [-0.25, -0.2) is 0 Å². The summed E-state index contributed by atoms with van der Waals surface area (Å²) in [6.07, 6.45) is 23.0. The molecule has 0 fully saturated rings. The van der Waals surface area contributed by atoms with Crippen LogP contribution >= 0.6 is 13.5 Å². The molecular formula is C14H26S.